The van der Waals surface area contributed by atoms with E-state index in [9.17, 15) is 4.79 Å². The molecule has 1 aromatic heterocycles. The highest BCUT2D eigenvalue weighted by Crippen LogP contribution is 2.27. The second kappa shape index (κ2) is 8.67. The van der Waals surface area contributed by atoms with Crippen LogP contribution in [0.3, 0.4) is 0 Å². The van der Waals surface area contributed by atoms with Gasteiger partial charge in [0, 0.05) is 11.9 Å². The molecule has 24 heavy (non-hydrogen) atoms. The smallest absolute Gasteiger partial charge is 0.272 e. The molecular weight excluding hydrogens is 306 g/mol. The molecule has 0 aliphatic rings. The molecule has 1 aromatic carbocycles. The Kier molecular flexibility index (Phi) is 6.31. The van der Waals surface area contributed by atoms with E-state index in [1.807, 2.05) is 39.0 Å². The second-order valence-corrected chi connectivity index (χ2v) is 4.96. The molecule has 0 atom stereocenters. The number of amides is 1. The van der Waals surface area contributed by atoms with E-state index in [1.54, 1.807) is 18.3 Å². The lowest BCUT2D eigenvalue weighted by atomic mass is 10.2. The summed E-state index contributed by atoms with van der Waals surface area (Å²) in [5, 5.41) is 3.97. The Bertz CT molecular complexity index is 712. The summed E-state index contributed by atoms with van der Waals surface area (Å²) in [7, 11) is 0. The first-order valence-corrected chi connectivity index (χ1v) is 7.79. The Hall–Kier alpha value is -2.89. The van der Waals surface area contributed by atoms with Crippen LogP contribution in [0.2, 0.25) is 0 Å². The number of carbonyl (C=O) groups excluding carboxylic acids is 1. The van der Waals surface area contributed by atoms with Crippen LogP contribution in [0.15, 0.2) is 41.6 Å². The van der Waals surface area contributed by atoms with Gasteiger partial charge in [0.2, 0.25) is 0 Å². The van der Waals surface area contributed by atoms with Gasteiger partial charge in [-0.3, -0.25) is 9.78 Å². The Balaban J connectivity index is 2.04. The van der Waals surface area contributed by atoms with Gasteiger partial charge in [0.1, 0.15) is 0 Å². The van der Waals surface area contributed by atoms with Gasteiger partial charge >= 0.3 is 0 Å². The third-order valence-electron chi connectivity index (χ3n) is 3.12. The Labute approximate surface area is 141 Å². The number of nitrogens with one attached hydrogen (secondary N) is 1. The summed E-state index contributed by atoms with van der Waals surface area (Å²) in [6.07, 6.45) is 3.07. The maximum Gasteiger partial charge on any atom is 0.272 e. The molecule has 0 aliphatic carbocycles. The number of pyridine rings is 1. The number of aryl methyl sites for hydroxylation is 1. The largest absolute Gasteiger partial charge is 0.490 e. The molecule has 2 aromatic rings. The van der Waals surface area contributed by atoms with Gasteiger partial charge in [0.05, 0.1) is 25.0 Å². The maximum atomic E-state index is 11.9. The van der Waals surface area contributed by atoms with E-state index in [0.29, 0.717) is 30.3 Å². The van der Waals surface area contributed by atoms with Crippen molar-refractivity contribution in [1.82, 2.24) is 10.4 Å². The third kappa shape index (κ3) is 4.81. The minimum absolute atomic E-state index is 0.310. The fourth-order valence-corrected chi connectivity index (χ4v) is 1.98. The lowest BCUT2D eigenvalue weighted by Crippen LogP contribution is -2.17. The third-order valence-corrected chi connectivity index (χ3v) is 3.12. The highest BCUT2D eigenvalue weighted by Gasteiger charge is 2.06. The zero-order chi connectivity index (χ0) is 17.4. The summed E-state index contributed by atoms with van der Waals surface area (Å²) >= 11 is 0. The van der Waals surface area contributed by atoms with Crippen molar-refractivity contribution in [3.05, 3.63) is 53.3 Å². The zero-order valence-corrected chi connectivity index (χ0v) is 14.1. The molecule has 2 rings (SSSR count). The molecule has 0 bridgehead atoms. The minimum atomic E-state index is -0.310. The first kappa shape index (κ1) is 17.5. The number of ether oxygens (including phenoxy) is 2. The average molecular weight is 327 g/mol. The Morgan fingerprint density at radius 1 is 1.17 bits per heavy atom. The van der Waals surface area contributed by atoms with Crippen molar-refractivity contribution in [3.63, 3.8) is 0 Å². The van der Waals surface area contributed by atoms with E-state index < -0.39 is 0 Å². The molecule has 1 heterocycles. The van der Waals surface area contributed by atoms with E-state index in [-0.39, 0.29) is 5.91 Å². The van der Waals surface area contributed by atoms with E-state index in [2.05, 4.69) is 15.5 Å². The van der Waals surface area contributed by atoms with Gasteiger partial charge in [-0.25, -0.2) is 5.43 Å². The van der Waals surface area contributed by atoms with Crippen molar-refractivity contribution >= 4 is 12.1 Å². The summed E-state index contributed by atoms with van der Waals surface area (Å²) in [4.78, 5) is 16.0. The number of hydrazone groups is 1. The van der Waals surface area contributed by atoms with E-state index in [1.165, 1.54) is 6.20 Å². The van der Waals surface area contributed by atoms with Crippen LogP contribution in [0, 0.1) is 6.92 Å². The molecule has 1 N–H and O–H groups in total. The minimum Gasteiger partial charge on any atom is -0.490 e. The summed E-state index contributed by atoms with van der Waals surface area (Å²) in [5.41, 5.74) is 4.58. The van der Waals surface area contributed by atoms with Crippen molar-refractivity contribution in [2.45, 2.75) is 20.8 Å². The molecule has 0 saturated heterocycles. The van der Waals surface area contributed by atoms with Gasteiger partial charge in [-0.1, -0.05) is 0 Å². The average Bonchev–Trinajstić information content (AvgIpc) is 2.58. The number of nitrogens with zero attached hydrogens (tertiary/aromatic N) is 2. The monoisotopic (exact) mass is 327 g/mol. The van der Waals surface area contributed by atoms with Crippen LogP contribution in [-0.4, -0.2) is 30.3 Å². The van der Waals surface area contributed by atoms with Gasteiger partial charge in [0.15, 0.2) is 11.5 Å². The molecule has 1 amide bonds. The van der Waals surface area contributed by atoms with Crippen molar-refractivity contribution in [1.29, 1.82) is 0 Å². The number of hydrogen-bond donors (Lipinski definition) is 1. The Morgan fingerprint density at radius 3 is 2.58 bits per heavy atom. The molecule has 0 aliphatic heterocycles. The lowest BCUT2D eigenvalue weighted by Gasteiger charge is -2.11. The van der Waals surface area contributed by atoms with Crippen LogP contribution in [0.4, 0.5) is 0 Å². The molecule has 126 valence electrons. The summed E-state index contributed by atoms with van der Waals surface area (Å²) in [6, 6.07) is 8.96. The van der Waals surface area contributed by atoms with Crippen LogP contribution in [0.1, 0.15) is 35.5 Å². The fourth-order valence-electron chi connectivity index (χ4n) is 1.98. The molecule has 0 saturated carbocycles. The molecule has 6 nitrogen and oxygen atoms in total. The van der Waals surface area contributed by atoms with E-state index >= 15 is 0 Å². The summed E-state index contributed by atoms with van der Waals surface area (Å²) in [6.45, 7) is 6.79. The van der Waals surface area contributed by atoms with Crippen molar-refractivity contribution in [3.8, 4) is 11.5 Å². The number of hydrogen-bond acceptors (Lipinski definition) is 5. The number of carbonyl (C=O) groups is 1. The van der Waals surface area contributed by atoms with Crippen molar-refractivity contribution in [2.75, 3.05) is 13.2 Å². The highest BCUT2D eigenvalue weighted by atomic mass is 16.5. The highest BCUT2D eigenvalue weighted by molar-refractivity contribution is 5.94. The van der Waals surface area contributed by atoms with Crippen LogP contribution < -0.4 is 14.9 Å². The standard InChI is InChI=1S/C18H21N3O3/c1-4-23-16-9-7-14(10-17(16)24-5-2)11-20-21-18(22)15-8-6-13(3)19-12-15/h6-12H,4-5H2,1-3H3,(H,21,22)/b20-11+. The first-order chi connectivity index (χ1) is 11.6. The van der Waals surface area contributed by atoms with Crippen LogP contribution in [0.25, 0.3) is 0 Å². The fraction of sp³-hybridized carbons (Fsp3) is 0.278. The normalized spacial score (nSPS) is 10.6. The predicted octanol–water partition coefficient (Wildman–Crippen LogP) is 2.95. The number of benzene rings is 1. The molecule has 0 fully saturated rings. The SMILES string of the molecule is CCOc1ccc(/C=N/NC(=O)c2ccc(C)nc2)cc1OCC. The van der Waals surface area contributed by atoms with Crippen LogP contribution in [-0.2, 0) is 0 Å². The number of rotatable bonds is 7. The van der Waals surface area contributed by atoms with Gasteiger partial charge in [0.25, 0.3) is 5.91 Å². The lowest BCUT2D eigenvalue weighted by molar-refractivity contribution is 0.0955. The van der Waals surface area contributed by atoms with E-state index in [0.717, 1.165) is 11.3 Å². The van der Waals surface area contributed by atoms with Crippen molar-refractivity contribution in [2.24, 2.45) is 5.10 Å². The summed E-state index contributed by atoms with van der Waals surface area (Å²) < 4.78 is 11.1. The predicted molar refractivity (Wildman–Crippen MR) is 92.8 cm³/mol. The first-order valence-electron chi connectivity index (χ1n) is 7.79. The van der Waals surface area contributed by atoms with Gasteiger partial charge in [-0.15, -0.1) is 0 Å². The van der Waals surface area contributed by atoms with Gasteiger partial charge in [-0.05, 0) is 56.7 Å². The van der Waals surface area contributed by atoms with Gasteiger partial charge < -0.3 is 9.47 Å². The molecule has 0 radical (unpaired) electrons. The molecule has 6 heteroatoms. The number of aromatic nitrogens is 1. The van der Waals surface area contributed by atoms with E-state index in [4.69, 9.17) is 9.47 Å². The van der Waals surface area contributed by atoms with Crippen LogP contribution in [0.5, 0.6) is 11.5 Å². The maximum absolute atomic E-state index is 11.9. The van der Waals surface area contributed by atoms with Gasteiger partial charge in [-0.2, -0.15) is 5.10 Å². The van der Waals surface area contributed by atoms with Crippen molar-refractivity contribution < 1.29 is 14.3 Å². The van der Waals surface area contributed by atoms with Crippen LogP contribution >= 0.6 is 0 Å². The zero-order valence-electron chi connectivity index (χ0n) is 14.1. The Morgan fingerprint density at radius 2 is 1.92 bits per heavy atom. The topological polar surface area (TPSA) is 72.8 Å². The molecule has 0 unspecified atom stereocenters. The molecule has 0 spiro atoms. The summed E-state index contributed by atoms with van der Waals surface area (Å²) in [5.74, 6) is 1.03. The quantitative estimate of drug-likeness (QED) is 0.627. The second-order valence-electron chi connectivity index (χ2n) is 4.96. The molecular formula is C18H21N3O3.